The molecule has 0 spiro atoms. The van der Waals surface area contributed by atoms with Crippen molar-refractivity contribution in [3.05, 3.63) is 108 Å². The van der Waals surface area contributed by atoms with Crippen molar-refractivity contribution < 1.29 is 0 Å². The second kappa shape index (κ2) is 8.61. The molecule has 0 aromatic heterocycles. The number of benzene rings is 5. The molecule has 0 saturated heterocycles. The minimum atomic E-state index is 1.09. The lowest BCUT2D eigenvalue weighted by Gasteiger charge is -2.20. The first-order chi connectivity index (χ1) is 16.8. The smallest absolute Gasteiger partial charge is 0.00262 e. The molecule has 0 saturated carbocycles. The first kappa shape index (κ1) is 20.9. The third-order valence-corrected chi connectivity index (χ3v) is 7.28. The molecule has 34 heavy (non-hydrogen) atoms. The van der Waals surface area contributed by atoms with Gasteiger partial charge in [-0.25, -0.2) is 0 Å². The maximum absolute atomic E-state index is 2.51. The molecule has 0 aliphatic heterocycles. The Morgan fingerprint density at radius 1 is 0.500 bits per heavy atom. The minimum Gasteiger partial charge on any atom is -0.0651 e. The summed E-state index contributed by atoms with van der Waals surface area (Å²) in [5, 5.41) is 2.79. The van der Waals surface area contributed by atoms with E-state index in [-0.39, 0.29) is 0 Å². The van der Waals surface area contributed by atoms with E-state index >= 15 is 0 Å². The highest BCUT2D eigenvalue weighted by molar-refractivity contribution is 6.17. The fraction of sp³-hybridized carbons (Fsp3) is 0.176. The average molecular weight is 439 g/mol. The van der Waals surface area contributed by atoms with E-state index in [0.717, 1.165) is 25.7 Å². The molecule has 0 radical (unpaired) electrons. The van der Waals surface area contributed by atoms with Crippen LogP contribution in [0, 0.1) is 0 Å². The summed E-state index contributed by atoms with van der Waals surface area (Å²) in [4.78, 5) is 0. The second-order valence-corrected chi connectivity index (χ2v) is 9.46. The maximum atomic E-state index is 2.51. The van der Waals surface area contributed by atoms with Gasteiger partial charge in [-0.15, -0.1) is 0 Å². The van der Waals surface area contributed by atoms with E-state index in [4.69, 9.17) is 0 Å². The van der Waals surface area contributed by atoms with Crippen LogP contribution in [0.3, 0.4) is 0 Å². The Kier molecular flexibility index (Phi) is 5.30. The summed E-state index contributed by atoms with van der Waals surface area (Å²) in [5.74, 6) is 0. The summed E-state index contributed by atoms with van der Waals surface area (Å²) < 4.78 is 0. The zero-order valence-electron chi connectivity index (χ0n) is 20.1. The molecule has 0 atom stereocenters. The number of fused-ring (bicyclic) bond motifs is 3. The largest absolute Gasteiger partial charge is 0.0651 e. The summed E-state index contributed by atoms with van der Waals surface area (Å²) in [6, 6.07) is 36.0. The lowest BCUT2D eigenvalue weighted by atomic mass is 9.84. The normalized spacial score (nSPS) is 11.7. The second-order valence-electron chi connectivity index (χ2n) is 9.46. The van der Waals surface area contributed by atoms with Crippen molar-refractivity contribution in [3.8, 4) is 44.5 Å². The molecule has 5 aromatic carbocycles. The molecule has 0 N–H and O–H groups in total. The quantitative estimate of drug-likeness (QED) is 0.243. The fourth-order valence-corrected chi connectivity index (χ4v) is 5.85. The predicted molar refractivity (Wildman–Crippen MR) is 147 cm³/mol. The standard InChI is InChI=1S/C34H30/c1-3-10-27-22-31(25-20-18-24(19-21-25)23-12-6-5-7-13-23)28(11-4-2)34-30-17-9-15-26-14-8-16-29(32(26)30)33(27)34/h5-9,12-22H,3-4,10-11H2,1-2H3. The van der Waals surface area contributed by atoms with Gasteiger partial charge in [-0.3, -0.25) is 0 Å². The van der Waals surface area contributed by atoms with Crippen molar-refractivity contribution in [2.45, 2.75) is 39.5 Å². The number of hydrogen-bond donors (Lipinski definition) is 0. The molecule has 0 unspecified atom stereocenters. The molecule has 166 valence electrons. The Bertz CT molecular complexity index is 1480. The molecule has 0 heterocycles. The Morgan fingerprint density at radius 2 is 1.12 bits per heavy atom. The summed E-state index contributed by atoms with van der Waals surface area (Å²) in [7, 11) is 0. The number of aryl methyl sites for hydroxylation is 1. The molecule has 1 aliphatic rings. The molecular weight excluding hydrogens is 408 g/mol. The van der Waals surface area contributed by atoms with Gasteiger partial charge < -0.3 is 0 Å². The highest BCUT2D eigenvalue weighted by Crippen LogP contribution is 2.52. The van der Waals surface area contributed by atoms with Gasteiger partial charge in [0, 0.05) is 0 Å². The van der Waals surface area contributed by atoms with Crippen LogP contribution in [0.25, 0.3) is 55.3 Å². The van der Waals surface area contributed by atoms with Gasteiger partial charge in [0.2, 0.25) is 0 Å². The Labute approximate surface area is 202 Å². The van der Waals surface area contributed by atoms with Gasteiger partial charge in [-0.2, -0.15) is 0 Å². The average Bonchev–Trinajstić information content (AvgIpc) is 3.23. The SMILES string of the molecule is CCCc1cc(-c2ccc(-c3ccccc3)cc2)c(CCC)c2c1-c1cccc3cccc-2c13. The molecule has 0 nitrogen and oxygen atoms in total. The van der Waals surface area contributed by atoms with Crippen molar-refractivity contribution in [1.82, 2.24) is 0 Å². The van der Waals surface area contributed by atoms with Gasteiger partial charge in [0.1, 0.15) is 0 Å². The van der Waals surface area contributed by atoms with Crippen LogP contribution in [0.15, 0.2) is 97.1 Å². The van der Waals surface area contributed by atoms with Crippen LogP contribution < -0.4 is 0 Å². The number of rotatable bonds is 6. The molecule has 0 fully saturated rings. The zero-order chi connectivity index (χ0) is 23.1. The number of hydrogen-bond acceptors (Lipinski definition) is 0. The van der Waals surface area contributed by atoms with Crippen molar-refractivity contribution in [2.24, 2.45) is 0 Å². The van der Waals surface area contributed by atoms with Gasteiger partial charge in [-0.05, 0) is 79.2 Å². The monoisotopic (exact) mass is 438 g/mol. The van der Waals surface area contributed by atoms with Gasteiger partial charge in [0.15, 0.2) is 0 Å². The van der Waals surface area contributed by atoms with Crippen LogP contribution in [0.2, 0.25) is 0 Å². The third kappa shape index (κ3) is 3.29. The van der Waals surface area contributed by atoms with Crippen LogP contribution in [0.4, 0.5) is 0 Å². The lowest BCUT2D eigenvalue weighted by Crippen LogP contribution is -1.99. The molecule has 5 aromatic rings. The van der Waals surface area contributed by atoms with Crippen LogP contribution in [-0.2, 0) is 12.8 Å². The van der Waals surface area contributed by atoms with E-state index in [1.807, 2.05) is 0 Å². The molecule has 0 heteroatoms. The topological polar surface area (TPSA) is 0 Å². The summed E-state index contributed by atoms with van der Waals surface area (Å²) >= 11 is 0. The van der Waals surface area contributed by atoms with E-state index in [9.17, 15) is 0 Å². The minimum absolute atomic E-state index is 1.09. The first-order valence-corrected chi connectivity index (χ1v) is 12.7. The highest BCUT2D eigenvalue weighted by atomic mass is 14.3. The zero-order valence-corrected chi connectivity index (χ0v) is 20.1. The fourth-order valence-electron chi connectivity index (χ4n) is 5.85. The Hall–Kier alpha value is -3.64. The van der Waals surface area contributed by atoms with Crippen LogP contribution in [0.5, 0.6) is 0 Å². The van der Waals surface area contributed by atoms with E-state index in [0.29, 0.717) is 0 Å². The molecule has 0 bridgehead atoms. The molecule has 0 amide bonds. The van der Waals surface area contributed by atoms with Gasteiger partial charge in [-0.1, -0.05) is 124 Å². The van der Waals surface area contributed by atoms with E-state index < -0.39 is 0 Å². The first-order valence-electron chi connectivity index (χ1n) is 12.7. The maximum Gasteiger partial charge on any atom is -0.00262 e. The van der Waals surface area contributed by atoms with Gasteiger partial charge in [0.25, 0.3) is 0 Å². The van der Waals surface area contributed by atoms with E-state index in [1.54, 1.807) is 0 Å². The highest BCUT2D eigenvalue weighted by Gasteiger charge is 2.28. The van der Waals surface area contributed by atoms with Crippen LogP contribution in [0.1, 0.15) is 37.8 Å². The molecule has 6 rings (SSSR count). The van der Waals surface area contributed by atoms with E-state index in [1.165, 1.54) is 66.4 Å². The summed E-state index contributed by atoms with van der Waals surface area (Å²) in [5.41, 5.74) is 14.1. The van der Waals surface area contributed by atoms with Crippen molar-refractivity contribution >= 4 is 10.8 Å². The van der Waals surface area contributed by atoms with Crippen molar-refractivity contribution in [1.29, 1.82) is 0 Å². The lowest BCUT2D eigenvalue weighted by molar-refractivity contribution is 0.910. The Morgan fingerprint density at radius 3 is 1.79 bits per heavy atom. The summed E-state index contributed by atoms with van der Waals surface area (Å²) in [6.45, 7) is 4.60. The Balaban J connectivity index is 1.59. The van der Waals surface area contributed by atoms with E-state index in [2.05, 4.69) is 111 Å². The van der Waals surface area contributed by atoms with Crippen LogP contribution in [-0.4, -0.2) is 0 Å². The predicted octanol–water partition coefficient (Wildman–Crippen LogP) is 9.73. The van der Waals surface area contributed by atoms with Gasteiger partial charge >= 0.3 is 0 Å². The van der Waals surface area contributed by atoms with Gasteiger partial charge in [0.05, 0.1) is 0 Å². The van der Waals surface area contributed by atoms with Crippen molar-refractivity contribution in [2.75, 3.05) is 0 Å². The van der Waals surface area contributed by atoms with Crippen LogP contribution >= 0.6 is 0 Å². The molecular formula is C34H30. The molecule has 1 aliphatic carbocycles. The summed E-state index contributed by atoms with van der Waals surface area (Å²) in [6.07, 6.45) is 4.49. The van der Waals surface area contributed by atoms with Crippen molar-refractivity contribution in [3.63, 3.8) is 0 Å². The third-order valence-electron chi connectivity index (χ3n) is 7.28.